The Balaban J connectivity index is 1.69. The SMILES string of the molecule is COC(=O)C1=CC(B2OC(C)(C)C(C)(C)O2)=CC2C3C1NNN23. The summed E-state index contributed by atoms with van der Waals surface area (Å²) in [6, 6.07) is 0.359. The van der Waals surface area contributed by atoms with E-state index in [9.17, 15) is 4.79 Å². The van der Waals surface area contributed by atoms with Crippen molar-refractivity contribution in [1.82, 2.24) is 16.0 Å². The van der Waals surface area contributed by atoms with Gasteiger partial charge in [0.25, 0.3) is 0 Å². The zero-order valence-corrected chi connectivity index (χ0v) is 14.0. The highest BCUT2D eigenvalue weighted by Gasteiger charge is 2.60. The Morgan fingerprint density at radius 3 is 2.57 bits per heavy atom. The summed E-state index contributed by atoms with van der Waals surface area (Å²) in [6.45, 7) is 8.08. The van der Waals surface area contributed by atoms with Crippen LogP contribution in [0.1, 0.15) is 27.7 Å². The molecular weight excluding hydrogens is 297 g/mol. The van der Waals surface area contributed by atoms with E-state index in [0.29, 0.717) is 5.57 Å². The lowest BCUT2D eigenvalue weighted by Gasteiger charge is -2.32. The molecule has 0 aromatic carbocycles. The van der Waals surface area contributed by atoms with Gasteiger partial charge in [0.15, 0.2) is 0 Å². The predicted molar refractivity (Wildman–Crippen MR) is 83.7 cm³/mol. The lowest BCUT2D eigenvalue weighted by atomic mass is 9.76. The second-order valence-corrected chi connectivity index (χ2v) is 7.47. The van der Waals surface area contributed by atoms with Crippen LogP contribution in [0.2, 0.25) is 0 Å². The molecule has 0 aromatic heterocycles. The first kappa shape index (κ1) is 15.3. The number of rotatable bonds is 2. The molecule has 8 heteroatoms. The fourth-order valence-electron chi connectivity index (χ4n) is 3.39. The summed E-state index contributed by atoms with van der Waals surface area (Å²) >= 11 is 0. The Labute approximate surface area is 136 Å². The number of nitrogens with zero attached hydrogens (tertiary/aromatic N) is 1. The van der Waals surface area contributed by atoms with E-state index in [1.165, 1.54) is 7.11 Å². The summed E-state index contributed by atoms with van der Waals surface area (Å²) in [7, 11) is 0.913. The summed E-state index contributed by atoms with van der Waals surface area (Å²) in [5.41, 5.74) is 6.86. The van der Waals surface area contributed by atoms with E-state index in [1.54, 1.807) is 0 Å². The van der Waals surface area contributed by atoms with Gasteiger partial charge >= 0.3 is 13.1 Å². The quantitative estimate of drug-likeness (QED) is 0.425. The molecule has 124 valence electrons. The fraction of sp³-hybridized carbons (Fsp3) is 0.667. The van der Waals surface area contributed by atoms with Crippen molar-refractivity contribution in [3.63, 3.8) is 0 Å². The maximum Gasteiger partial charge on any atom is 0.494 e. The maximum atomic E-state index is 12.2. The average molecular weight is 319 g/mol. The highest BCUT2D eigenvalue weighted by atomic mass is 16.7. The number of carbonyl (C=O) groups excluding carboxylic acids is 1. The number of esters is 1. The molecule has 0 amide bonds. The molecular formula is C15H22BN3O4. The van der Waals surface area contributed by atoms with Crippen molar-refractivity contribution in [3.8, 4) is 0 Å². The Morgan fingerprint density at radius 1 is 1.30 bits per heavy atom. The van der Waals surface area contributed by atoms with Crippen LogP contribution in [0.15, 0.2) is 23.2 Å². The van der Waals surface area contributed by atoms with Gasteiger partial charge in [-0.1, -0.05) is 12.2 Å². The van der Waals surface area contributed by atoms with Crippen molar-refractivity contribution < 1.29 is 18.8 Å². The molecule has 3 aliphatic heterocycles. The van der Waals surface area contributed by atoms with E-state index in [4.69, 9.17) is 14.0 Å². The van der Waals surface area contributed by atoms with Crippen LogP contribution in [0.4, 0.5) is 0 Å². The van der Waals surface area contributed by atoms with E-state index in [1.807, 2.05) is 33.8 Å². The van der Waals surface area contributed by atoms with Gasteiger partial charge in [0.1, 0.15) is 0 Å². The molecule has 0 bridgehead atoms. The third-order valence-corrected chi connectivity index (χ3v) is 5.56. The number of hydrogen-bond donors (Lipinski definition) is 2. The van der Waals surface area contributed by atoms with E-state index in [2.05, 4.69) is 22.0 Å². The summed E-state index contributed by atoms with van der Waals surface area (Å²) in [5.74, 6) is -0.332. The highest BCUT2D eigenvalue weighted by molar-refractivity contribution is 6.55. The Bertz CT molecular complexity index is 614. The van der Waals surface area contributed by atoms with Gasteiger partial charge in [0, 0.05) is 0 Å². The molecule has 7 nitrogen and oxygen atoms in total. The van der Waals surface area contributed by atoms with E-state index < -0.39 is 18.3 Å². The molecule has 3 saturated heterocycles. The molecule has 2 N–H and O–H groups in total. The molecule has 23 heavy (non-hydrogen) atoms. The average Bonchev–Trinajstić information content (AvgIpc) is 2.89. The molecule has 4 atom stereocenters. The topological polar surface area (TPSA) is 71.8 Å². The first-order valence-electron chi connectivity index (χ1n) is 7.92. The van der Waals surface area contributed by atoms with Gasteiger partial charge in [-0.3, -0.25) is 0 Å². The van der Waals surface area contributed by atoms with E-state index >= 15 is 0 Å². The van der Waals surface area contributed by atoms with E-state index in [-0.39, 0.29) is 24.1 Å². The van der Waals surface area contributed by atoms with Crippen LogP contribution in [0.3, 0.4) is 0 Å². The number of hydrogen-bond acceptors (Lipinski definition) is 7. The number of fused-ring (bicyclic) bond motifs is 1. The van der Waals surface area contributed by atoms with Gasteiger partial charge in [0.2, 0.25) is 0 Å². The van der Waals surface area contributed by atoms with Crippen molar-refractivity contribution in [2.45, 2.75) is 57.0 Å². The minimum absolute atomic E-state index is 0.0939. The second-order valence-electron chi connectivity index (χ2n) is 7.47. The predicted octanol–water partition coefficient (Wildman–Crippen LogP) is 0.101. The lowest BCUT2D eigenvalue weighted by Crippen LogP contribution is -2.42. The molecule has 4 aliphatic rings. The fourth-order valence-corrected chi connectivity index (χ4v) is 3.39. The number of methoxy groups -OCH3 is 1. The smallest absolute Gasteiger partial charge is 0.466 e. The van der Waals surface area contributed by atoms with Crippen LogP contribution in [-0.4, -0.2) is 54.5 Å². The first-order chi connectivity index (χ1) is 10.7. The zero-order chi connectivity index (χ0) is 16.6. The number of allylic oxidation sites excluding steroid dienone is 2. The molecule has 4 rings (SSSR count). The summed E-state index contributed by atoms with van der Waals surface area (Å²) in [5, 5.41) is 2.08. The third kappa shape index (κ3) is 2.13. The molecule has 0 aromatic rings. The van der Waals surface area contributed by atoms with Crippen molar-refractivity contribution in [3.05, 3.63) is 23.2 Å². The summed E-state index contributed by atoms with van der Waals surface area (Å²) < 4.78 is 17.2. The van der Waals surface area contributed by atoms with Gasteiger partial charge in [-0.2, -0.15) is 5.53 Å². The maximum absolute atomic E-state index is 12.2. The molecule has 0 saturated carbocycles. The third-order valence-electron chi connectivity index (χ3n) is 5.56. The van der Waals surface area contributed by atoms with Crippen molar-refractivity contribution in [2.75, 3.05) is 7.11 Å². The number of nitrogens with one attached hydrogen (secondary N) is 2. The van der Waals surface area contributed by atoms with Gasteiger partial charge in [-0.25, -0.2) is 15.2 Å². The first-order valence-corrected chi connectivity index (χ1v) is 7.92. The van der Waals surface area contributed by atoms with Gasteiger partial charge < -0.3 is 14.0 Å². The second kappa shape index (κ2) is 4.67. The lowest BCUT2D eigenvalue weighted by molar-refractivity contribution is -0.136. The molecule has 0 spiro atoms. The van der Waals surface area contributed by atoms with Crippen molar-refractivity contribution >= 4 is 13.1 Å². The molecule has 1 aliphatic carbocycles. The van der Waals surface area contributed by atoms with Gasteiger partial charge in [-0.15, -0.1) is 0 Å². The van der Waals surface area contributed by atoms with Crippen LogP contribution in [-0.2, 0) is 18.8 Å². The van der Waals surface area contributed by atoms with Crippen molar-refractivity contribution in [2.24, 2.45) is 0 Å². The van der Waals surface area contributed by atoms with Crippen LogP contribution < -0.4 is 11.0 Å². The molecule has 4 unspecified atom stereocenters. The Morgan fingerprint density at radius 2 is 1.96 bits per heavy atom. The summed E-state index contributed by atoms with van der Waals surface area (Å²) in [4.78, 5) is 12.2. The van der Waals surface area contributed by atoms with Crippen LogP contribution >= 0.6 is 0 Å². The van der Waals surface area contributed by atoms with E-state index in [0.717, 1.165) is 5.47 Å². The monoisotopic (exact) mass is 319 g/mol. The standard InChI is InChI=1S/C15H22BN3O4/c1-14(2)15(3,4)23-16(22-14)8-6-9(13(20)21-5)11-12-10(7-8)19(12)18-17-11/h6-7,10-12,17-18H,1-5H3. The van der Waals surface area contributed by atoms with Crippen molar-refractivity contribution in [1.29, 1.82) is 0 Å². The number of carbonyl (C=O) groups is 1. The molecule has 3 fully saturated rings. The summed E-state index contributed by atoms with van der Waals surface area (Å²) in [6.07, 6.45) is 3.96. The largest absolute Gasteiger partial charge is 0.494 e. The molecule has 0 radical (unpaired) electrons. The number of ether oxygens (including phenoxy) is 1. The van der Waals surface area contributed by atoms with Gasteiger partial charge in [0.05, 0.1) is 42.0 Å². The van der Waals surface area contributed by atoms with Crippen LogP contribution in [0.5, 0.6) is 0 Å². The van der Waals surface area contributed by atoms with Crippen LogP contribution in [0, 0.1) is 0 Å². The van der Waals surface area contributed by atoms with Crippen LogP contribution in [0.25, 0.3) is 0 Å². The number of hydrazine groups is 2. The minimum atomic E-state index is -0.486. The Hall–Kier alpha value is -1.19. The highest BCUT2D eigenvalue weighted by Crippen LogP contribution is 2.43. The van der Waals surface area contributed by atoms with Gasteiger partial charge in [-0.05, 0) is 33.2 Å². The zero-order valence-electron chi connectivity index (χ0n) is 14.0. The normalized spacial score (nSPS) is 39.3. The molecule has 3 heterocycles. The Kier molecular flexibility index (Phi) is 3.12. The minimum Gasteiger partial charge on any atom is -0.466 e.